The van der Waals surface area contributed by atoms with Gasteiger partial charge in [-0.3, -0.25) is 0 Å². The highest BCUT2D eigenvalue weighted by atomic mass is 16.5. The molecular formula is C28H30N2O2. The Balaban J connectivity index is 1.96. The van der Waals surface area contributed by atoms with Crippen molar-refractivity contribution in [2.24, 2.45) is 0 Å². The van der Waals surface area contributed by atoms with Crippen LogP contribution in [0.3, 0.4) is 0 Å². The number of methoxy groups -OCH3 is 2. The summed E-state index contributed by atoms with van der Waals surface area (Å²) in [4.78, 5) is 5.20. The molecule has 0 fully saturated rings. The first-order valence-corrected chi connectivity index (χ1v) is 11.2. The predicted octanol–water partition coefficient (Wildman–Crippen LogP) is 7.09. The topological polar surface area (TPSA) is 36.3 Å². The van der Waals surface area contributed by atoms with Gasteiger partial charge in [-0.2, -0.15) is 0 Å². The van der Waals surface area contributed by atoms with Gasteiger partial charge in [0.05, 0.1) is 25.6 Å². The Labute approximate surface area is 190 Å². The fourth-order valence-electron chi connectivity index (χ4n) is 4.07. The molecule has 0 aliphatic carbocycles. The van der Waals surface area contributed by atoms with Crippen molar-refractivity contribution < 1.29 is 9.47 Å². The van der Waals surface area contributed by atoms with E-state index in [0.29, 0.717) is 11.5 Å². The van der Waals surface area contributed by atoms with E-state index in [2.05, 4.69) is 72.2 Å². The first-order chi connectivity index (χ1) is 15.8. The van der Waals surface area contributed by atoms with Gasteiger partial charge in [0.1, 0.15) is 5.82 Å². The van der Waals surface area contributed by atoms with E-state index in [9.17, 15) is 0 Å². The number of nitrogens with zero attached hydrogens (tertiary/aromatic N) is 2. The lowest BCUT2D eigenvalue weighted by Crippen LogP contribution is -2.04. The van der Waals surface area contributed by atoms with Crippen molar-refractivity contribution in [2.75, 3.05) is 14.2 Å². The van der Waals surface area contributed by atoms with Crippen molar-refractivity contribution in [3.05, 3.63) is 78.9 Å². The summed E-state index contributed by atoms with van der Waals surface area (Å²) in [6.45, 7) is 3.14. The van der Waals surface area contributed by atoms with Crippen molar-refractivity contribution in [2.45, 2.75) is 32.7 Å². The Bertz CT molecular complexity index is 1150. The Morgan fingerprint density at radius 2 is 1.38 bits per heavy atom. The van der Waals surface area contributed by atoms with E-state index in [-0.39, 0.29) is 0 Å². The van der Waals surface area contributed by atoms with Crippen molar-refractivity contribution >= 4 is 0 Å². The smallest absolute Gasteiger partial charge is 0.161 e. The lowest BCUT2D eigenvalue weighted by Gasteiger charge is -2.14. The molecule has 4 rings (SSSR count). The molecule has 4 nitrogen and oxygen atoms in total. The van der Waals surface area contributed by atoms with Gasteiger partial charge in [-0.25, -0.2) is 4.98 Å². The van der Waals surface area contributed by atoms with E-state index < -0.39 is 0 Å². The lowest BCUT2D eigenvalue weighted by atomic mass is 10.0. The molecular weight excluding hydrogens is 396 g/mol. The summed E-state index contributed by atoms with van der Waals surface area (Å²) < 4.78 is 13.4. The summed E-state index contributed by atoms with van der Waals surface area (Å²) >= 11 is 0. The van der Waals surface area contributed by atoms with Crippen molar-refractivity contribution in [3.8, 4) is 45.4 Å². The molecule has 0 saturated heterocycles. The lowest BCUT2D eigenvalue weighted by molar-refractivity contribution is 0.355. The van der Waals surface area contributed by atoms with E-state index in [0.717, 1.165) is 41.3 Å². The molecule has 0 atom stereocenters. The minimum absolute atomic E-state index is 0.704. The number of rotatable bonds is 9. The normalized spacial score (nSPS) is 10.8. The zero-order valence-electron chi connectivity index (χ0n) is 19.0. The average Bonchev–Trinajstić information content (AvgIpc) is 3.24. The van der Waals surface area contributed by atoms with Crippen molar-refractivity contribution in [1.29, 1.82) is 0 Å². The Morgan fingerprint density at radius 3 is 2.00 bits per heavy atom. The van der Waals surface area contributed by atoms with Gasteiger partial charge in [-0.1, -0.05) is 80.4 Å². The monoisotopic (exact) mass is 426 g/mol. The third-order valence-corrected chi connectivity index (χ3v) is 5.69. The second-order valence-corrected chi connectivity index (χ2v) is 7.79. The number of hydrogen-bond donors (Lipinski definition) is 0. The van der Waals surface area contributed by atoms with Gasteiger partial charge in [0.25, 0.3) is 0 Å². The molecule has 32 heavy (non-hydrogen) atoms. The van der Waals surface area contributed by atoms with Gasteiger partial charge in [0.2, 0.25) is 0 Å². The SMILES string of the molecule is CCCCCn1c(-c2ccc(OC)c(OC)c2)nc(-c2ccccc2)c1-c1ccccc1. The summed E-state index contributed by atoms with van der Waals surface area (Å²) in [7, 11) is 3.32. The van der Waals surface area contributed by atoms with Crippen LogP contribution in [-0.2, 0) is 6.54 Å². The Hall–Kier alpha value is -3.53. The molecule has 0 unspecified atom stereocenters. The number of imidazole rings is 1. The van der Waals surface area contributed by atoms with Gasteiger partial charge >= 0.3 is 0 Å². The minimum Gasteiger partial charge on any atom is -0.493 e. The van der Waals surface area contributed by atoms with E-state index in [4.69, 9.17) is 14.5 Å². The highest BCUT2D eigenvalue weighted by Gasteiger charge is 2.21. The van der Waals surface area contributed by atoms with Crippen LogP contribution in [0, 0.1) is 0 Å². The van der Waals surface area contributed by atoms with Crippen LogP contribution in [0.1, 0.15) is 26.2 Å². The zero-order chi connectivity index (χ0) is 22.3. The molecule has 3 aromatic carbocycles. The minimum atomic E-state index is 0.704. The van der Waals surface area contributed by atoms with E-state index >= 15 is 0 Å². The van der Waals surface area contributed by atoms with Gasteiger partial charge in [-0.05, 0) is 24.6 Å². The molecule has 4 aromatic rings. The summed E-state index contributed by atoms with van der Waals surface area (Å²) in [5.41, 5.74) is 5.44. The van der Waals surface area contributed by atoms with Crippen LogP contribution in [0.4, 0.5) is 0 Å². The quantitative estimate of drug-likeness (QED) is 0.268. The molecule has 0 aliphatic heterocycles. The molecule has 4 heteroatoms. The van der Waals surface area contributed by atoms with Crippen molar-refractivity contribution in [3.63, 3.8) is 0 Å². The molecule has 164 valence electrons. The van der Waals surface area contributed by atoms with Crippen LogP contribution in [0.25, 0.3) is 33.9 Å². The van der Waals surface area contributed by atoms with Crippen LogP contribution in [0.5, 0.6) is 11.5 Å². The second-order valence-electron chi connectivity index (χ2n) is 7.79. The summed E-state index contributed by atoms with van der Waals surface area (Å²) in [5.74, 6) is 2.36. The number of ether oxygens (including phenoxy) is 2. The molecule has 0 radical (unpaired) electrons. The fourth-order valence-corrected chi connectivity index (χ4v) is 4.07. The predicted molar refractivity (Wildman–Crippen MR) is 131 cm³/mol. The summed E-state index contributed by atoms with van der Waals surface area (Å²) in [6, 6.07) is 27.0. The molecule has 1 heterocycles. The molecule has 0 amide bonds. The maximum atomic E-state index is 5.58. The van der Waals surface area contributed by atoms with E-state index in [1.54, 1.807) is 14.2 Å². The maximum absolute atomic E-state index is 5.58. The summed E-state index contributed by atoms with van der Waals surface area (Å²) in [5, 5.41) is 0. The van der Waals surface area contributed by atoms with Crippen LogP contribution in [0.2, 0.25) is 0 Å². The van der Waals surface area contributed by atoms with E-state index in [1.807, 2.05) is 18.2 Å². The highest BCUT2D eigenvalue weighted by Crippen LogP contribution is 2.38. The van der Waals surface area contributed by atoms with Crippen LogP contribution >= 0.6 is 0 Å². The molecule has 0 N–H and O–H groups in total. The molecule has 0 aliphatic rings. The molecule has 0 bridgehead atoms. The summed E-state index contributed by atoms with van der Waals surface area (Å²) in [6.07, 6.45) is 3.45. The Morgan fingerprint density at radius 1 is 0.719 bits per heavy atom. The first-order valence-electron chi connectivity index (χ1n) is 11.2. The van der Waals surface area contributed by atoms with Crippen molar-refractivity contribution in [1.82, 2.24) is 9.55 Å². The number of benzene rings is 3. The fraction of sp³-hybridized carbons (Fsp3) is 0.250. The van der Waals surface area contributed by atoms with E-state index in [1.165, 1.54) is 18.4 Å². The first kappa shape index (κ1) is 21.7. The molecule has 1 aromatic heterocycles. The molecule has 0 spiro atoms. The number of unbranched alkanes of at least 4 members (excludes halogenated alkanes) is 2. The highest BCUT2D eigenvalue weighted by molar-refractivity contribution is 5.82. The maximum Gasteiger partial charge on any atom is 0.161 e. The van der Waals surface area contributed by atoms with Gasteiger partial charge in [-0.15, -0.1) is 0 Å². The van der Waals surface area contributed by atoms with Gasteiger partial charge < -0.3 is 14.0 Å². The Kier molecular flexibility index (Phi) is 6.90. The number of hydrogen-bond acceptors (Lipinski definition) is 3. The largest absolute Gasteiger partial charge is 0.493 e. The third-order valence-electron chi connectivity index (χ3n) is 5.69. The van der Waals surface area contributed by atoms with Crippen LogP contribution in [-0.4, -0.2) is 23.8 Å². The molecule has 0 saturated carbocycles. The van der Waals surface area contributed by atoms with Gasteiger partial charge in [0.15, 0.2) is 11.5 Å². The van der Waals surface area contributed by atoms with Crippen LogP contribution < -0.4 is 9.47 Å². The third kappa shape index (κ3) is 4.40. The second kappa shape index (κ2) is 10.2. The van der Waals surface area contributed by atoms with Crippen LogP contribution in [0.15, 0.2) is 78.9 Å². The number of aromatic nitrogens is 2. The average molecular weight is 427 g/mol. The standard InChI is InChI=1S/C28H30N2O2/c1-4-5-12-19-30-27(22-15-10-7-11-16-22)26(21-13-8-6-9-14-21)29-28(30)23-17-18-24(31-2)25(20-23)32-3/h6-11,13-18,20H,4-5,12,19H2,1-3H3. The van der Waals surface area contributed by atoms with Gasteiger partial charge in [0, 0.05) is 23.2 Å². The zero-order valence-corrected chi connectivity index (χ0v) is 19.0.